The van der Waals surface area contributed by atoms with E-state index in [2.05, 4.69) is 19.5 Å². The molecule has 1 aromatic carbocycles. The lowest BCUT2D eigenvalue weighted by Gasteiger charge is -2.27. The first-order chi connectivity index (χ1) is 13.5. The third-order valence-electron chi connectivity index (χ3n) is 3.62. The number of nitrogens with zero attached hydrogens (tertiary/aromatic N) is 2. The van der Waals surface area contributed by atoms with E-state index in [1.807, 2.05) is 0 Å². The number of esters is 1. The minimum atomic E-state index is -5.01. The first-order valence-electron chi connectivity index (χ1n) is 7.78. The highest BCUT2D eigenvalue weighted by atomic mass is 32.2. The number of alkyl halides is 6. The fourth-order valence-electron chi connectivity index (χ4n) is 2.29. The average Bonchev–Trinajstić information content (AvgIpc) is 3.07. The third kappa shape index (κ3) is 4.81. The van der Waals surface area contributed by atoms with E-state index in [1.165, 1.54) is 24.5 Å². The number of hydrogen-bond donors (Lipinski definition) is 0. The van der Waals surface area contributed by atoms with E-state index in [-0.39, 0.29) is 5.04 Å². The second kappa shape index (κ2) is 7.58. The fraction of sp³-hybridized carbons (Fsp3) is 0.235. The van der Waals surface area contributed by atoms with Crippen LogP contribution in [0.1, 0.15) is 15.9 Å². The number of aliphatic imine (C=N–C) groups is 1. The van der Waals surface area contributed by atoms with Crippen molar-refractivity contribution < 1.29 is 40.6 Å². The van der Waals surface area contributed by atoms with Gasteiger partial charge in [-0.3, -0.25) is 4.98 Å². The molecule has 12 heteroatoms. The summed E-state index contributed by atoms with van der Waals surface area (Å²) in [5.74, 6) is -2.73. The van der Waals surface area contributed by atoms with Crippen molar-refractivity contribution in [2.24, 2.45) is 4.99 Å². The van der Waals surface area contributed by atoms with Crippen LogP contribution in [0.15, 0.2) is 53.8 Å². The predicted molar refractivity (Wildman–Crippen MR) is 90.6 cm³/mol. The number of hydrogen-bond acceptors (Lipinski definition) is 6. The molecule has 0 radical (unpaired) electrons. The molecule has 1 unspecified atom stereocenters. The van der Waals surface area contributed by atoms with Gasteiger partial charge in [-0.05, 0) is 36.4 Å². The van der Waals surface area contributed by atoms with Gasteiger partial charge in [0.15, 0.2) is 0 Å². The molecule has 2 aromatic rings. The molecule has 154 valence electrons. The Kier molecular flexibility index (Phi) is 5.48. The number of ether oxygens (including phenoxy) is 2. The number of benzene rings is 1. The average molecular weight is 436 g/mol. The summed E-state index contributed by atoms with van der Waals surface area (Å²) in [6, 6.07) is 6.33. The van der Waals surface area contributed by atoms with Crippen LogP contribution in [0.25, 0.3) is 0 Å². The zero-order valence-electron chi connectivity index (χ0n) is 14.1. The highest BCUT2D eigenvalue weighted by Crippen LogP contribution is 2.44. The fourth-order valence-corrected chi connectivity index (χ4v) is 3.41. The number of pyridine rings is 1. The molecule has 2 heterocycles. The van der Waals surface area contributed by atoms with Gasteiger partial charge in [-0.15, -0.1) is 13.2 Å². The molecule has 1 aliphatic heterocycles. The molecule has 0 N–H and O–H groups in total. The molecular formula is C17H10F6N2O3S. The van der Waals surface area contributed by atoms with Gasteiger partial charge in [-0.25, -0.2) is 9.79 Å². The molecule has 29 heavy (non-hydrogen) atoms. The number of carbonyl (C=O) groups is 1. The summed E-state index contributed by atoms with van der Waals surface area (Å²) < 4.78 is 85.9. The highest BCUT2D eigenvalue weighted by molar-refractivity contribution is 8.14. The van der Waals surface area contributed by atoms with E-state index >= 15 is 0 Å². The molecule has 0 aliphatic carbocycles. The van der Waals surface area contributed by atoms with Gasteiger partial charge >= 0.3 is 24.2 Å². The smallest absolute Gasteiger partial charge is 0.422 e. The van der Waals surface area contributed by atoms with Crippen molar-refractivity contribution in [3.8, 4) is 5.75 Å². The van der Waals surface area contributed by atoms with Crippen LogP contribution >= 0.6 is 11.8 Å². The van der Waals surface area contributed by atoms with E-state index in [0.717, 1.165) is 36.0 Å². The Morgan fingerprint density at radius 3 is 2.31 bits per heavy atom. The molecule has 3 rings (SSSR count). The lowest BCUT2D eigenvalue weighted by molar-refractivity contribution is -0.274. The van der Waals surface area contributed by atoms with E-state index in [9.17, 15) is 31.1 Å². The zero-order chi connectivity index (χ0) is 21.3. The Hall–Kier alpha value is -2.76. The van der Waals surface area contributed by atoms with Crippen LogP contribution in [0.4, 0.5) is 26.3 Å². The van der Waals surface area contributed by atoms with Gasteiger partial charge in [0.1, 0.15) is 10.8 Å². The summed E-state index contributed by atoms with van der Waals surface area (Å²) in [6.45, 7) is 0. The molecule has 5 nitrogen and oxygen atoms in total. The quantitative estimate of drug-likeness (QED) is 0.519. The van der Waals surface area contributed by atoms with Crippen LogP contribution in [-0.2, 0) is 4.74 Å². The number of carbonyl (C=O) groups excluding carboxylic acids is 1. The first kappa shape index (κ1) is 21.0. The zero-order valence-corrected chi connectivity index (χ0v) is 14.9. The molecule has 0 fully saturated rings. The van der Waals surface area contributed by atoms with Crippen molar-refractivity contribution in [3.63, 3.8) is 0 Å². The molecule has 0 saturated carbocycles. The Bertz CT molecular complexity index is 916. The van der Waals surface area contributed by atoms with Gasteiger partial charge in [0.2, 0.25) is 0 Å². The van der Waals surface area contributed by atoms with E-state index in [0.29, 0.717) is 5.56 Å². The summed E-state index contributed by atoms with van der Waals surface area (Å²) in [7, 11) is 0. The first-order valence-corrected chi connectivity index (χ1v) is 8.77. The van der Waals surface area contributed by atoms with Crippen molar-refractivity contribution >= 4 is 22.8 Å². The molecule has 0 saturated heterocycles. The van der Waals surface area contributed by atoms with Crippen molar-refractivity contribution in [2.45, 2.75) is 18.3 Å². The summed E-state index contributed by atoms with van der Waals surface area (Å²) in [5, 5.41) is -0.00264. The van der Waals surface area contributed by atoms with Crippen molar-refractivity contribution in [1.29, 1.82) is 0 Å². The number of rotatable bonds is 4. The molecule has 1 atom stereocenters. The van der Waals surface area contributed by atoms with Gasteiger partial charge in [0.25, 0.3) is 0 Å². The van der Waals surface area contributed by atoms with Crippen LogP contribution < -0.4 is 4.74 Å². The van der Waals surface area contributed by atoms with Crippen LogP contribution in [0, 0.1) is 0 Å². The van der Waals surface area contributed by atoms with Gasteiger partial charge in [0.05, 0.1) is 11.3 Å². The number of thioether (sulfide) groups is 1. The Morgan fingerprint density at radius 2 is 1.76 bits per heavy atom. The number of aromatic nitrogens is 1. The largest absolute Gasteiger partial charge is 0.573 e. The van der Waals surface area contributed by atoms with Crippen LogP contribution in [0.5, 0.6) is 5.75 Å². The summed E-state index contributed by atoms with van der Waals surface area (Å²) >= 11 is 0.743. The second-order valence-corrected chi connectivity index (χ2v) is 6.66. The topological polar surface area (TPSA) is 60.8 Å². The Balaban J connectivity index is 1.83. The summed E-state index contributed by atoms with van der Waals surface area (Å²) in [5.41, 5.74) is -3.19. The molecule has 0 spiro atoms. The predicted octanol–water partition coefficient (Wildman–Crippen LogP) is 4.59. The summed E-state index contributed by atoms with van der Waals surface area (Å²) in [4.78, 5) is 19.6. The maximum atomic E-state index is 13.7. The lowest BCUT2D eigenvalue weighted by Crippen LogP contribution is -2.48. The molecule has 1 aliphatic rings. The third-order valence-corrected chi connectivity index (χ3v) is 4.76. The van der Waals surface area contributed by atoms with Gasteiger partial charge in [0, 0.05) is 18.0 Å². The minimum absolute atomic E-state index is 0.00264. The normalized spacial score (nSPS) is 19.6. The SMILES string of the molecule is O=C(OC1(C(F)(F)F)CSC(c2cccnc2)=N1)c1ccc(OC(F)(F)F)cc1. The van der Waals surface area contributed by atoms with Crippen LogP contribution in [-0.4, -0.2) is 40.0 Å². The van der Waals surface area contributed by atoms with Gasteiger partial charge in [-0.1, -0.05) is 11.8 Å². The molecule has 0 amide bonds. The van der Waals surface area contributed by atoms with E-state index < -0.39 is 41.3 Å². The molecule has 1 aromatic heterocycles. The lowest BCUT2D eigenvalue weighted by atomic mass is 10.2. The number of halogens is 6. The highest BCUT2D eigenvalue weighted by Gasteiger charge is 2.61. The summed E-state index contributed by atoms with van der Waals surface area (Å²) in [6.07, 6.45) is -7.20. The van der Waals surface area contributed by atoms with Gasteiger partial charge in [-0.2, -0.15) is 13.2 Å². The molecular weight excluding hydrogens is 426 g/mol. The van der Waals surface area contributed by atoms with Crippen LogP contribution in [0.3, 0.4) is 0 Å². The van der Waals surface area contributed by atoms with Crippen molar-refractivity contribution in [2.75, 3.05) is 5.75 Å². The second-order valence-electron chi connectivity index (χ2n) is 5.69. The standard InChI is InChI=1S/C17H10F6N2O3S/c18-16(19,20)15(9-29-13(25-15)11-2-1-7-24-8-11)28-14(26)10-3-5-12(6-4-10)27-17(21,22)23/h1-8H,9H2. The van der Waals surface area contributed by atoms with Crippen LogP contribution in [0.2, 0.25) is 0 Å². The van der Waals surface area contributed by atoms with Gasteiger partial charge < -0.3 is 9.47 Å². The van der Waals surface area contributed by atoms with Crippen molar-refractivity contribution in [1.82, 2.24) is 4.98 Å². The Morgan fingerprint density at radius 1 is 1.07 bits per heavy atom. The Labute approximate surface area is 163 Å². The van der Waals surface area contributed by atoms with Crippen molar-refractivity contribution in [3.05, 3.63) is 59.9 Å². The minimum Gasteiger partial charge on any atom is -0.422 e. The molecule has 0 bridgehead atoms. The monoisotopic (exact) mass is 436 g/mol. The van der Waals surface area contributed by atoms with E-state index in [1.54, 1.807) is 0 Å². The van der Waals surface area contributed by atoms with E-state index in [4.69, 9.17) is 0 Å². The maximum Gasteiger partial charge on any atom is 0.573 e. The maximum absolute atomic E-state index is 13.7.